The minimum absolute atomic E-state index is 0.0885. The average molecular weight is 312 g/mol. The Balaban J connectivity index is 1.99. The third kappa shape index (κ3) is 4.85. The number of amides is 2. The second-order valence-electron chi connectivity index (χ2n) is 5.04. The normalized spacial score (nSPS) is 10.0. The van der Waals surface area contributed by atoms with Crippen LogP contribution in [-0.2, 0) is 4.79 Å². The molecule has 0 heterocycles. The van der Waals surface area contributed by atoms with Crippen molar-refractivity contribution in [1.82, 2.24) is 5.32 Å². The fourth-order valence-electron chi connectivity index (χ4n) is 2.01. The van der Waals surface area contributed by atoms with Crippen LogP contribution < -0.4 is 15.4 Å². The predicted octanol–water partition coefficient (Wildman–Crippen LogP) is 2.76. The number of anilines is 1. The van der Waals surface area contributed by atoms with Crippen molar-refractivity contribution in [1.29, 1.82) is 0 Å². The maximum Gasteiger partial charge on any atom is 0.262 e. The lowest BCUT2D eigenvalue weighted by atomic mass is 10.1. The lowest BCUT2D eigenvalue weighted by Gasteiger charge is -2.11. The molecule has 2 aromatic carbocycles. The number of nitrogens with one attached hydrogen (secondary N) is 2. The molecule has 0 aliphatic rings. The van der Waals surface area contributed by atoms with Crippen molar-refractivity contribution >= 4 is 17.5 Å². The van der Waals surface area contributed by atoms with Crippen LogP contribution in [0.15, 0.2) is 48.5 Å². The van der Waals surface area contributed by atoms with Crippen molar-refractivity contribution in [2.45, 2.75) is 13.8 Å². The van der Waals surface area contributed by atoms with Gasteiger partial charge in [-0.15, -0.1) is 0 Å². The first-order valence-electron chi connectivity index (χ1n) is 7.46. The predicted molar refractivity (Wildman–Crippen MR) is 89.8 cm³/mol. The van der Waals surface area contributed by atoms with E-state index in [9.17, 15) is 9.59 Å². The van der Waals surface area contributed by atoms with E-state index in [0.717, 1.165) is 5.56 Å². The van der Waals surface area contributed by atoms with E-state index >= 15 is 0 Å². The highest BCUT2D eigenvalue weighted by Crippen LogP contribution is 2.17. The van der Waals surface area contributed by atoms with Crippen molar-refractivity contribution in [3.63, 3.8) is 0 Å². The maximum absolute atomic E-state index is 12.0. The highest BCUT2D eigenvalue weighted by molar-refractivity contribution is 5.98. The highest BCUT2D eigenvalue weighted by atomic mass is 16.5. The lowest BCUT2D eigenvalue weighted by molar-refractivity contribution is -0.118. The summed E-state index contributed by atoms with van der Waals surface area (Å²) in [7, 11) is 0. The second-order valence-corrected chi connectivity index (χ2v) is 5.04. The molecule has 2 rings (SSSR count). The van der Waals surface area contributed by atoms with Gasteiger partial charge >= 0.3 is 0 Å². The number of hydrogen-bond donors (Lipinski definition) is 2. The molecule has 0 aromatic heterocycles. The van der Waals surface area contributed by atoms with E-state index in [4.69, 9.17) is 4.74 Å². The highest BCUT2D eigenvalue weighted by Gasteiger charge is 2.10. The van der Waals surface area contributed by atoms with Gasteiger partial charge in [0.1, 0.15) is 5.75 Å². The fraction of sp³-hybridized carbons (Fsp3) is 0.222. The Labute approximate surface area is 135 Å². The van der Waals surface area contributed by atoms with Crippen molar-refractivity contribution in [2.75, 3.05) is 18.5 Å². The third-order valence-corrected chi connectivity index (χ3v) is 3.22. The third-order valence-electron chi connectivity index (χ3n) is 3.22. The Kier molecular flexibility index (Phi) is 5.74. The van der Waals surface area contributed by atoms with Gasteiger partial charge in [0.05, 0.1) is 0 Å². The molecule has 0 aliphatic carbocycles. The van der Waals surface area contributed by atoms with Gasteiger partial charge in [-0.05, 0) is 43.7 Å². The van der Waals surface area contributed by atoms with Crippen LogP contribution in [-0.4, -0.2) is 25.0 Å². The number of rotatable bonds is 6. The molecular formula is C18H20N2O3. The summed E-state index contributed by atoms with van der Waals surface area (Å²) in [6.45, 7) is 4.19. The van der Waals surface area contributed by atoms with Crippen molar-refractivity contribution in [3.05, 3.63) is 59.7 Å². The molecule has 5 heteroatoms. The second kappa shape index (κ2) is 7.98. The molecule has 0 spiro atoms. The molecule has 2 N–H and O–H groups in total. The van der Waals surface area contributed by atoms with Gasteiger partial charge in [0.25, 0.3) is 11.8 Å². The minimum Gasteiger partial charge on any atom is -0.484 e. The molecule has 120 valence electrons. The van der Waals surface area contributed by atoms with Gasteiger partial charge in [-0.2, -0.15) is 0 Å². The van der Waals surface area contributed by atoms with Crippen LogP contribution in [0.1, 0.15) is 22.8 Å². The Hall–Kier alpha value is -2.82. The SMILES string of the molecule is CCNC(=O)c1ccc(C)c(NC(=O)COc2ccccc2)c1. The van der Waals surface area contributed by atoms with E-state index < -0.39 is 0 Å². The molecule has 2 aromatic rings. The summed E-state index contributed by atoms with van der Waals surface area (Å²) in [6.07, 6.45) is 0. The van der Waals surface area contributed by atoms with Crippen LogP contribution in [0.4, 0.5) is 5.69 Å². The summed E-state index contributed by atoms with van der Waals surface area (Å²) < 4.78 is 5.40. The zero-order valence-corrected chi connectivity index (χ0v) is 13.3. The van der Waals surface area contributed by atoms with Gasteiger partial charge < -0.3 is 15.4 Å². The van der Waals surface area contributed by atoms with E-state index in [1.807, 2.05) is 32.0 Å². The molecule has 0 saturated carbocycles. The summed E-state index contributed by atoms with van der Waals surface area (Å²) in [4.78, 5) is 23.9. The van der Waals surface area contributed by atoms with Crippen molar-refractivity contribution in [3.8, 4) is 5.75 Å². The lowest BCUT2D eigenvalue weighted by Crippen LogP contribution is -2.24. The molecular weight excluding hydrogens is 292 g/mol. The first-order valence-corrected chi connectivity index (χ1v) is 7.46. The first-order chi connectivity index (χ1) is 11.1. The quantitative estimate of drug-likeness (QED) is 0.862. The van der Waals surface area contributed by atoms with Crippen molar-refractivity contribution in [2.24, 2.45) is 0 Å². The molecule has 0 bridgehead atoms. The van der Waals surface area contributed by atoms with E-state index in [0.29, 0.717) is 23.5 Å². The fourth-order valence-corrected chi connectivity index (χ4v) is 2.01. The number of aryl methyl sites for hydroxylation is 1. The van der Waals surface area contributed by atoms with Crippen LogP contribution in [0.2, 0.25) is 0 Å². The number of carbonyl (C=O) groups is 2. The topological polar surface area (TPSA) is 67.4 Å². The van der Waals surface area contributed by atoms with E-state index in [2.05, 4.69) is 10.6 Å². The average Bonchev–Trinajstić information content (AvgIpc) is 2.56. The van der Waals surface area contributed by atoms with Crippen LogP contribution >= 0.6 is 0 Å². The molecule has 0 fully saturated rings. The Morgan fingerprint density at radius 3 is 2.52 bits per heavy atom. The zero-order chi connectivity index (χ0) is 16.7. The van der Waals surface area contributed by atoms with Gasteiger partial charge in [0.15, 0.2) is 6.61 Å². The zero-order valence-electron chi connectivity index (χ0n) is 13.3. The summed E-state index contributed by atoms with van der Waals surface area (Å²) in [5.41, 5.74) is 2.00. The van der Waals surface area contributed by atoms with Gasteiger partial charge in [-0.3, -0.25) is 9.59 Å². The van der Waals surface area contributed by atoms with Gasteiger partial charge in [0.2, 0.25) is 0 Å². The first kappa shape index (κ1) is 16.5. The van der Waals surface area contributed by atoms with E-state index in [1.54, 1.807) is 30.3 Å². The van der Waals surface area contributed by atoms with Gasteiger partial charge in [-0.1, -0.05) is 24.3 Å². The van der Waals surface area contributed by atoms with Gasteiger partial charge in [0, 0.05) is 17.8 Å². The van der Waals surface area contributed by atoms with E-state index in [1.165, 1.54) is 0 Å². The molecule has 5 nitrogen and oxygen atoms in total. The molecule has 0 atom stereocenters. The van der Waals surface area contributed by atoms with Crippen molar-refractivity contribution < 1.29 is 14.3 Å². The Morgan fingerprint density at radius 2 is 1.83 bits per heavy atom. The maximum atomic E-state index is 12.0. The van der Waals surface area contributed by atoms with Gasteiger partial charge in [-0.25, -0.2) is 0 Å². The summed E-state index contributed by atoms with van der Waals surface area (Å²) in [5.74, 6) is 0.198. The standard InChI is InChI=1S/C18H20N2O3/c1-3-19-18(22)14-10-9-13(2)16(11-14)20-17(21)12-23-15-7-5-4-6-8-15/h4-11H,3,12H2,1-2H3,(H,19,22)(H,20,21). The molecule has 2 amide bonds. The summed E-state index contributed by atoms with van der Waals surface area (Å²) >= 11 is 0. The summed E-state index contributed by atoms with van der Waals surface area (Å²) in [5, 5.41) is 5.51. The smallest absolute Gasteiger partial charge is 0.262 e. The number of carbonyl (C=O) groups excluding carboxylic acids is 2. The van der Waals surface area contributed by atoms with Crippen LogP contribution in [0.5, 0.6) is 5.75 Å². The molecule has 0 unspecified atom stereocenters. The number of ether oxygens (including phenoxy) is 1. The Bertz CT molecular complexity index is 684. The van der Waals surface area contributed by atoms with Crippen LogP contribution in [0.25, 0.3) is 0 Å². The van der Waals surface area contributed by atoms with Crippen LogP contribution in [0.3, 0.4) is 0 Å². The van der Waals surface area contributed by atoms with E-state index in [-0.39, 0.29) is 18.4 Å². The molecule has 23 heavy (non-hydrogen) atoms. The number of benzene rings is 2. The van der Waals surface area contributed by atoms with Crippen LogP contribution in [0, 0.1) is 6.92 Å². The molecule has 0 saturated heterocycles. The molecule has 0 radical (unpaired) electrons. The Morgan fingerprint density at radius 1 is 1.09 bits per heavy atom. The summed E-state index contributed by atoms with van der Waals surface area (Å²) in [6, 6.07) is 14.3. The largest absolute Gasteiger partial charge is 0.484 e. The number of para-hydroxylation sites is 1. The minimum atomic E-state index is -0.273. The monoisotopic (exact) mass is 312 g/mol. The molecule has 0 aliphatic heterocycles. The number of hydrogen-bond acceptors (Lipinski definition) is 3.